The summed E-state index contributed by atoms with van der Waals surface area (Å²) < 4.78 is 5.46. The van der Waals surface area contributed by atoms with Gasteiger partial charge in [0.05, 0.1) is 0 Å². The third kappa shape index (κ3) is 2.06. The number of oxazole rings is 1. The molecule has 15 heavy (non-hydrogen) atoms. The summed E-state index contributed by atoms with van der Waals surface area (Å²) >= 11 is 1.54. The molecule has 1 heterocycles. The first-order valence-corrected chi connectivity index (χ1v) is 5.40. The van der Waals surface area contributed by atoms with Gasteiger partial charge in [0.15, 0.2) is 5.58 Å². The predicted molar refractivity (Wildman–Crippen MR) is 59.2 cm³/mol. The topological polar surface area (TPSA) is 74.8 Å². The normalized spacial score (nSPS) is 10.2. The van der Waals surface area contributed by atoms with Gasteiger partial charge in [0.1, 0.15) is 5.52 Å². The lowest BCUT2D eigenvalue weighted by molar-refractivity contribution is 0.490. The fourth-order valence-corrected chi connectivity index (χ4v) is 1.75. The highest BCUT2D eigenvalue weighted by atomic mass is 32.2. The summed E-state index contributed by atoms with van der Waals surface area (Å²) in [6, 6.07) is 5.18. The van der Waals surface area contributed by atoms with Crippen LogP contribution in [-0.4, -0.2) is 10.7 Å². The van der Waals surface area contributed by atoms with Crippen molar-refractivity contribution in [2.75, 3.05) is 5.75 Å². The molecule has 0 bridgehead atoms. The average molecular weight is 220 g/mol. The van der Waals surface area contributed by atoms with E-state index in [2.05, 4.69) is 15.0 Å². The van der Waals surface area contributed by atoms with E-state index in [-0.39, 0.29) is 0 Å². The van der Waals surface area contributed by atoms with Crippen LogP contribution in [0, 0.1) is 0 Å². The van der Waals surface area contributed by atoms with E-state index < -0.39 is 0 Å². The van der Waals surface area contributed by atoms with Crippen molar-refractivity contribution in [1.29, 1.82) is 0 Å². The molecular formula is C9H8N4OS. The maximum absolute atomic E-state index is 8.29. The standard InChI is InChI=1S/C9H8N4OS/c1-2-15-9-11-7-4-3-6(12-13-10)5-8(7)14-9/h3-5H,2H2,1H3. The van der Waals surface area contributed by atoms with Gasteiger partial charge < -0.3 is 4.42 Å². The number of nitrogens with zero attached hydrogens (tertiary/aromatic N) is 4. The van der Waals surface area contributed by atoms with Gasteiger partial charge in [-0.2, -0.15) is 0 Å². The highest BCUT2D eigenvalue weighted by molar-refractivity contribution is 7.99. The number of hydrogen-bond acceptors (Lipinski definition) is 4. The van der Waals surface area contributed by atoms with Crippen LogP contribution in [-0.2, 0) is 0 Å². The summed E-state index contributed by atoms with van der Waals surface area (Å²) in [4.78, 5) is 6.98. The Bertz CT molecular complexity index is 530. The molecule has 0 radical (unpaired) electrons. The van der Waals surface area contributed by atoms with Gasteiger partial charge in [0, 0.05) is 10.6 Å². The number of benzene rings is 1. The lowest BCUT2D eigenvalue weighted by Crippen LogP contribution is -1.69. The van der Waals surface area contributed by atoms with Gasteiger partial charge in [0.25, 0.3) is 5.22 Å². The van der Waals surface area contributed by atoms with Crippen molar-refractivity contribution in [2.45, 2.75) is 12.1 Å². The highest BCUT2D eigenvalue weighted by Crippen LogP contribution is 2.26. The zero-order chi connectivity index (χ0) is 10.7. The Morgan fingerprint density at radius 3 is 3.20 bits per heavy atom. The smallest absolute Gasteiger partial charge is 0.256 e. The van der Waals surface area contributed by atoms with Crippen LogP contribution >= 0.6 is 11.8 Å². The molecule has 0 aliphatic rings. The molecule has 1 aromatic carbocycles. The number of azide groups is 1. The van der Waals surface area contributed by atoms with E-state index in [9.17, 15) is 0 Å². The summed E-state index contributed by atoms with van der Waals surface area (Å²) in [5.74, 6) is 0.913. The SMILES string of the molecule is CCSc1nc2ccc(N=[N+]=[N-])cc2o1. The molecule has 0 spiro atoms. The number of aromatic nitrogens is 1. The molecular weight excluding hydrogens is 212 g/mol. The predicted octanol–water partition coefficient (Wildman–Crippen LogP) is 3.88. The van der Waals surface area contributed by atoms with E-state index in [1.165, 1.54) is 11.8 Å². The largest absolute Gasteiger partial charge is 0.431 e. The molecule has 0 atom stereocenters. The van der Waals surface area contributed by atoms with E-state index >= 15 is 0 Å². The summed E-state index contributed by atoms with van der Waals surface area (Å²) in [5, 5.41) is 4.14. The number of rotatable bonds is 3. The Morgan fingerprint density at radius 2 is 2.47 bits per heavy atom. The molecule has 76 valence electrons. The van der Waals surface area contributed by atoms with Crippen LogP contribution in [0.25, 0.3) is 21.5 Å². The summed E-state index contributed by atoms with van der Waals surface area (Å²) in [7, 11) is 0. The zero-order valence-corrected chi connectivity index (χ0v) is 8.86. The van der Waals surface area contributed by atoms with Crippen LogP contribution in [0.1, 0.15) is 6.92 Å². The molecule has 0 amide bonds. The Hall–Kier alpha value is -1.65. The number of thioether (sulfide) groups is 1. The quantitative estimate of drug-likeness (QED) is 0.341. The Balaban J connectivity index is 2.47. The Morgan fingerprint density at radius 1 is 1.60 bits per heavy atom. The number of fused-ring (bicyclic) bond motifs is 1. The van der Waals surface area contributed by atoms with E-state index in [1.807, 2.05) is 6.92 Å². The maximum atomic E-state index is 8.29. The van der Waals surface area contributed by atoms with Crippen molar-refractivity contribution in [3.8, 4) is 0 Å². The minimum Gasteiger partial charge on any atom is -0.431 e. The zero-order valence-electron chi connectivity index (χ0n) is 8.04. The van der Waals surface area contributed by atoms with Gasteiger partial charge in [-0.15, -0.1) is 0 Å². The molecule has 0 aliphatic carbocycles. The summed E-state index contributed by atoms with van der Waals surface area (Å²) in [6.07, 6.45) is 0. The summed E-state index contributed by atoms with van der Waals surface area (Å²) in [5.41, 5.74) is 10.3. The Labute approximate surface area is 90.1 Å². The molecule has 0 saturated carbocycles. The van der Waals surface area contributed by atoms with E-state index in [0.717, 1.165) is 11.3 Å². The number of hydrogen-bond donors (Lipinski definition) is 0. The lowest BCUT2D eigenvalue weighted by atomic mass is 10.3. The second kappa shape index (κ2) is 4.25. The fourth-order valence-electron chi connectivity index (χ4n) is 1.19. The highest BCUT2D eigenvalue weighted by Gasteiger charge is 2.05. The molecule has 0 fully saturated rings. The van der Waals surface area contributed by atoms with E-state index in [1.54, 1.807) is 18.2 Å². The van der Waals surface area contributed by atoms with E-state index in [4.69, 9.17) is 9.95 Å². The van der Waals surface area contributed by atoms with Crippen molar-refractivity contribution < 1.29 is 4.42 Å². The van der Waals surface area contributed by atoms with Crippen LogP contribution < -0.4 is 0 Å². The third-order valence-corrected chi connectivity index (χ3v) is 2.49. The minimum absolute atomic E-state index is 0.536. The van der Waals surface area contributed by atoms with Crippen LogP contribution in [0.4, 0.5) is 5.69 Å². The maximum Gasteiger partial charge on any atom is 0.256 e. The Kier molecular flexibility index (Phi) is 2.80. The van der Waals surface area contributed by atoms with Gasteiger partial charge in [-0.1, -0.05) is 29.9 Å². The van der Waals surface area contributed by atoms with Crippen molar-refractivity contribution in [2.24, 2.45) is 5.11 Å². The van der Waals surface area contributed by atoms with Gasteiger partial charge in [-0.25, -0.2) is 4.98 Å². The van der Waals surface area contributed by atoms with Gasteiger partial charge in [-0.3, -0.25) is 0 Å². The van der Waals surface area contributed by atoms with Crippen molar-refractivity contribution in [1.82, 2.24) is 4.98 Å². The van der Waals surface area contributed by atoms with Crippen LogP contribution in [0.5, 0.6) is 0 Å². The monoisotopic (exact) mass is 220 g/mol. The minimum atomic E-state index is 0.536. The second-order valence-electron chi connectivity index (χ2n) is 2.75. The third-order valence-electron chi connectivity index (χ3n) is 1.78. The summed E-state index contributed by atoms with van der Waals surface area (Å²) in [6.45, 7) is 2.03. The molecule has 0 aliphatic heterocycles. The first kappa shape index (κ1) is 9.89. The van der Waals surface area contributed by atoms with Gasteiger partial charge in [0.2, 0.25) is 0 Å². The van der Waals surface area contributed by atoms with Gasteiger partial charge >= 0.3 is 0 Å². The molecule has 0 unspecified atom stereocenters. The molecule has 2 rings (SSSR count). The van der Waals surface area contributed by atoms with Crippen LogP contribution in [0.15, 0.2) is 33.0 Å². The van der Waals surface area contributed by atoms with Crippen molar-refractivity contribution >= 4 is 28.5 Å². The fraction of sp³-hybridized carbons (Fsp3) is 0.222. The molecule has 0 N–H and O–H groups in total. The molecule has 2 aromatic rings. The second-order valence-corrected chi connectivity index (χ2v) is 3.97. The first-order valence-electron chi connectivity index (χ1n) is 4.42. The van der Waals surface area contributed by atoms with Crippen molar-refractivity contribution in [3.05, 3.63) is 28.6 Å². The van der Waals surface area contributed by atoms with Gasteiger partial charge in [-0.05, 0) is 23.4 Å². The molecule has 1 aromatic heterocycles. The van der Waals surface area contributed by atoms with Crippen LogP contribution in [0.3, 0.4) is 0 Å². The molecule has 6 heteroatoms. The lowest BCUT2D eigenvalue weighted by Gasteiger charge is -1.88. The average Bonchev–Trinajstić information content (AvgIpc) is 2.60. The van der Waals surface area contributed by atoms with Crippen LogP contribution in [0.2, 0.25) is 0 Å². The van der Waals surface area contributed by atoms with E-state index in [0.29, 0.717) is 16.5 Å². The first-order chi connectivity index (χ1) is 7.33. The molecule has 0 saturated heterocycles. The molecule has 5 nitrogen and oxygen atoms in total. The van der Waals surface area contributed by atoms with Crippen molar-refractivity contribution in [3.63, 3.8) is 0 Å².